The molecular weight excluding hydrogens is 471 g/mol. The van der Waals surface area contributed by atoms with E-state index in [1.807, 2.05) is 19.9 Å². The lowest BCUT2D eigenvalue weighted by Crippen LogP contribution is -2.13. The van der Waals surface area contributed by atoms with Gasteiger partial charge in [-0.05, 0) is 79.6 Å². The Morgan fingerprint density at radius 3 is 2.34 bits per heavy atom. The fraction of sp³-hybridized carbons (Fsp3) is 0.185. The third kappa shape index (κ3) is 7.23. The lowest BCUT2D eigenvalue weighted by atomic mass is 10.1. The van der Waals surface area contributed by atoms with Crippen LogP contribution in [0.4, 0.5) is 10.1 Å². The van der Waals surface area contributed by atoms with E-state index in [-0.39, 0.29) is 23.0 Å². The molecule has 3 aromatic rings. The number of nitrogens with one attached hydrogen (secondary N) is 1. The molecule has 0 aliphatic heterocycles. The van der Waals surface area contributed by atoms with Gasteiger partial charge in [0, 0.05) is 5.69 Å². The number of rotatable bonds is 10. The number of hydrogen-bond donors (Lipinski definition) is 1. The molecule has 180 valence electrons. The first kappa shape index (κ1) is 25.6. The number of hydrogen-bond acceptors (Lipinski definition) is 5. The van der Waals surface area contributed by atoms with Gasteiger partial charge in [-0.1, -0.05) is 23.7 Å². The molecule has 8 heteroatoms. The molecule has 0 spiro atoms. The van der Waals surface area contributed by atoms with E-state index in [1.165, 1.54) is 18.2 Å². The van der Waals surface area contributed by atoms with Crippen LogP contribution in [-0.4, -0.2) is 19.1 Å². The van der Waals surface area contributed by atoms with Gasteiger partial charge < -0.3 is 19.5 Å². The smallest absolute Gasteiger partial charge is 0.266 e. The van der Waals surface area contributed by atoms with E-state index in [1.54, 1.807) is 48.5 Å². The molecular formula is C27H24ClFN2O4. The monoisotopic (exact) mass is 494 g/mol. The van der Waals surface area contributed by atoms with E-state index < -0.39 is 5.91 Å². The van der Waals surface area contributed by atoms with Crippen molar-refractivity contribution in [2.45, 2.75) is 20.5 Å². The average Bonchev–Trinajstić information content (AvgIpc) is 2.84. The molecule has 0 bridgehead atoms. The Kier molecular flexibility index (Phi) is 9.10. The number of anilines is 1. The predicted octanol–water partition coefficient (Wildman–Crippen LogP) is 6.40. The highest BCUT2D eigenvalue weighted by Crippen LogP contribution is 2.38. The van der Waals surface area contributed by atoms with Gasteiger partial charge in [0.1, 0.15) is 29.8 Å². The molecule has 0 saturated heterocycles. The summed E-state index contributed by atoms with van der Waals surface area (Å²) in [7, 11) is 0. The van der Waals surface area contributed by atoms with Gasteiger partial charge in [0.15, 0.2) is 11.5 Å². The molecule has 0 radical (unpaired) electrons. The van der Waals surface area contributed by atoms with Crippen LogP contribution in [0.1, 0.15) is 25.0 Å². The van der Waals surface area contributed by atoms with Gasteiger partial charge in [-0.2, -0.15) is 5.26 Å². The van der Waals surface area contributed by atoms with E-state index in [2.05, 4.69) is 5.32 Å². The first-order valence-electron chi connectivity index (χ1n) is 10.9. The van der Waals surface area contributed by atoms with Gasteiger partial charge in [0.2, 0.25) is 0 Å². The van der Waals surface area contributed by atoms with Crippen LogP contribution < -0.4 is 19.5 Å². The highest BCUT2D eigenvalue weighted by Gasteiger charge is 2.15. The zero-order valence-electron chi connectivity index (χ0n) is 19.3. The van der Waals surface area contributed by atoms with Crippen molar-refractivity contribution in [3.63, 3.8) is 0 Å². The average molecular weight is 495 g/mol. The normalized spacial score (nSPS) is 10.9. The molecule has 0 heterocycles. The molecule has 1 N–H and O–H groups in total. The maximum absolute atomic E-state index is 13.1. The predicted molar refractivity (Wildman–Crippen MR) is 133 cm³/mol. The fourth-order valence-electron chi connectivity index (χ4n) is 3.13. The van der Waals surface area contributed by atoms with Crippen LogP contribution >= 0.6 is 11.6 Å². The summed E-state index contributed by atoms with van der Waals surface area (Å²) < 4.78 is 30.0. The van der Waals surface area contributed by atoms with Crippen molar-refractivity contribution in [2.24, 2.45) is 0 Å². The molecule has 0 aliphatic carbocycles. The lowest BCUT2D eigenvalue weighted by Gasteiger charge is -2.15. The maximum Gasteiger partial charge on any atom is 0.266 e. The Balaban J connectivity index is 1.79. The van der Waals surface area contributed by atoms with E-state index in [0.717, 1.165) is 5.56 Å². The summed E-state index contributed by atoms with van der Waals surface area (Å²) in [5.74, 6) is 0.450. The summed E-state index contributed by atoms with van der Waals surface area (Å²) in [6, 6.07) is 17.9. The zero-order chi connectivity index (χ0) is 25.2. The number of carbonyl (C=O) groups excluding carboxylic acids is 1. The second-order valence-electron chi connectivity index (χ2n) is 7.26. The highest BCUT2D eigenvalue weighted by molar-refractivity contribution is 6.32. The van der Waals surface area contributed by atoms with E-state index in [9.17, 15) is 14.4 Å². The van der Waals surface area contributed by atoms with Crippen molar-refractivity contribution >= 4 is 29.3 Å². The second kappa shape index (κ2) is 12.4. The highest BCUT2D eigenvalue weighted by atomic mass is 35.5. The molecule has 0 aromatic heterocycles. The van der Waals surface area contributed by atoms with E-state index in [4.69, 9.17) is 25.8 Å². The van der Waals surface area contributed by atoms with Gasteiger partial charge in [-0.3, -0.25) is 4.79 Å². The summed E-state index contributed by atoms with van der Waals surface area (Å²) in [5, 5.41) is 12.5. The quantitative estimate of drug-likeness (QED) is 0.260. The first-order valence-corrected chi connectivity index (χ1v) is 11.3. The SMILES string of the molecule is CCOc1ccc(NC(=O)/C(C#N)=C/c2cc(Cl)c(OCc3ccc(F)cc3)c(OCC)c2)cc1. The molecule has 0 unspecified atom stereocenters. The van der Waals surface area contributed by atoms with Gasteiger partial charge in [-0.25, -0.2) is 4.39 Å². The third-order valence-electron chi connectivity index (χ3n) is 4.73. The lowest BCUT2D eigenvalue weighted by molar-refractivity contribution is -0.112. The summed E-state index contributed by atoms with van der Waals surface area (Å²) in [6.07, 6.45) is 1.42. The topological polar surface area (TPSA) is 80.6 Å². The minimum absolute atomic E-state index is 0.114. The van der Waals surface area contributed by atoms with Gasteiger partial charge in [0.25, 0.3) is 5.91 Å². The van der Waals surface area contributed by atoms with Crippen molar-refractivity contribution in [1.82, 2.24) is 0 Å². The second-order valence-corrected chi connectivity index (χ2v) is 7.67. The largest absolute Gasteiger partial charge is 0.494 e. The van der Waals surface area contributed by atoms with Crippen LogP contribution in [0.2, 0.25) is 5.02 Å². The van der Waals surface area contributed by atoms with Crippen molar-refractivity contribution < 1.29 is 23.4 Å². The van der Waals surface area contributed by atoms with Crippen LogP contribution in [0.5, 0.6) is 17.2 Å². The van der Waals surface area contributed by atoms with Crippen molar-refractivity contribution in [1.29, 1.82) is 5.26 Å². The van der Waals surface area contributed by atoms with Crippen LogP contribution in [-0.2, 0) is 11.4 Å². The van der Waals surface area contributed by atoms with Crippen LogP contribution in [0, 0.1) is 17.1 Å². The Bertz CT molecular complexity index is 1240. The molecule has 3 rings (SSSR count). The molecule has 0 fully saturated rings. The van der Waals surface area contributed by atoms with Crippen molar-refractivity contribution in [3.8, 4) is 23.3 Å². The zero-order valence-corrected chi connectivity index (χ0v) is 20.1. The first-order chi connectivity index (χ1) is 16.9. The minimum atomic E-state index is -0.567. The Morgan fingerprint density at radius 2 is 1.71 bits per heavy atom. The Morgan fingerprint density at radius 1 is 1.03 bits per heavy atom. The number of carbonyl (C=O) groups is 1. The summed E-state index contributed by atoms with van der Waals surface area (Å²) in [6.45, 7) is 4.73. The maximum atomic E-state index is 13.1. The van der Waals surface area contributed by atoms with Crippen molar-refractivity contribution in [2.75, 3.05) is 18.5 Å². The molecule has 35 heavy (non-hydrogen) atoms. The Hall–Kier alpha value is -4.02. The summed E-state index contributed by atoms with van der Waals surface area (Å²) in [5.41, 5.74) is 1.66. The van der Waals surface area contributed by atoms with Crippen molar-refractivity contribution in [3.05, 3.63) is 88.2 Å². The van der Waals surface area contributed by atoms with E-state index >= 15 is 0 Å². The van der Waals surface area contributed by atoms with Crippen LogP contribution in [0.15, 0.2) is 66.2 Å². The summed E-state index contributed by atoms with van der Waals surface area (Å²) in [4.78, 5) is 12.7. The van der Waals surface area contributed by atoms with Gasteiger partial charge in [0.05, 0.1) is 18.2 Å². The number of amides is 1. The standard InChI is InChI=1S/C27H24ClFN2O4/c1-3-33-23-11-9-22(10-12-23)31-27(32)20(16-30)13-19-14-24(28)26(25(15-19)34-4-2)35-17-18-5-7-21(29)8-6-18/h5-15H,3-4,17H2,1-2H3,(H,31,32)/b20-13+. The number of ether oxygens (including phenoxy) is 3. The molecule has 1 amide bonds. The molecule has 0 atom stereocenters. The molecule has 0 aliphatic rings. The number of nitrogens with zero attached hydrogens (tertiary/aromatic N) is 1. The van der Waals surface area contributed by atoms with Crippen LogP contribution in [0.3, 0.4) is 0 Å². The summed E-state index contributed by atoms with van der Waals surface area (Å²) >= 11 is 6.45. The number of benzene rings is 3. The number of nitriles is 1. The Labute approximate surface area is 208 Å². The fourth-order valence-corrected chi connectivity index (χ4v) is 3.40. The molecule has 3 aromatic carbocycles. The van der Waals surface area contributed by atoms with Gasteiger partial charge in [-0.15, -0.1) is 0 Å². The van der Waals surface area contributed by atoms with Crippen LogP contribution in [0.25, 0.3) is 6.08 Å². The third-order valence-corrected chi connectivity index (χ3v) is 5.01. The van der Waals surface area contributed by atoms with Gasteiger partial charge >= 0.3 is 0 Å². The molecule has 6 nitrogen and oxygen atoms in total. The molecule has 0 saturated carbocycles. The minimum Gasteiger partial charge on any atom is -0.494 e. The number of halogens is 2. The van der Waals surface area contributed by atoms with E-state index in [0.29, 0.717) is 41.7 Å².